The van der Waals surface area contributed by atoms with Crippen molar-refractivity contribution in [1.82, 2.24) is 10.3 Å². The zero-order valence-corrected chi connectivity index (χ0v) is 15.3. The lowest BCUT2D eigenvalue weighted by atomic mass is 10.2. The molecule has 1 atom stereocenters. The number of halogens is 1. The normalized spacial score (nSPS) is 20.3. The van der Waals surface area contributed by atoms with Crippen LogP contribution in [0.1, 0.15) is 20.8 Å². The minimum atomic E-state index is -1.76. The molecule has 1 N–H and O–H groups in total. The number of anilines is 1. The van der Waals surface area contributed by atoms with E-state index in [2.05, 4.69) is 49.1 Å². The molecule has 0 radical (unpaired) electrons. The Morgan fingerprint density at radius 2 is 2.14 bits per heavy atom. The van der Waals surface area contributed by atoms with Crippen LogP contribution < -0.4 is 10.2 Å². The standard InChI is InChI=1S/C16H28FN3OSi/c1-16(2,3)22(4,5)21-12-14-11-18-8-9-20(14)15-7-6-13(17)10-19-15/h6-7,10,14,18H,8-9,11-12H2,1-5H3/t14-/m0/s1. The Hall–Kier alpha value is -0.983. The van der Waals surface area contributed by atoms with Gasteiger partial charge in [0.25, 0.3) is 0 Å². The van der Waals surface area contributed by atoms with Crippen LogP contribution in [-0.2, 0) is 4.43 Å². The molecular formula is C16H28FN3OSi. The maximum Gasteiger partial charge on any atom is 0.192 e. The van der Waals surface area contributed by atoms with E-state index in [-0.39, 0.29) is 16.9 Å². The first-order valence-electron chi connectivity index (χ1n) is 7.93. The molecule has 1 aromatic heterocycles. The number of pyridine rings is 1. The van der Waals surface area contributed by atoms with Gasteiger partial charge in [-0.15, -0.1) is 0 Å². The number of piperazine rings is 1. The molecule has 0 bridgehead atoms. The lowest BCUT2D eigenvalue weighted by Gasteiger charge is -2.41. The summed E-state index contributed by atoms with van der Waals surface area (Å²) in [7, 11) is -1.76. The van der Waals surface area contributed by atoms with Crippen LogP contribution in [0.2, 0.25) is 18.1 Å². The second-order valence-electron chi connectivity index (χ2n) is 7.46. The third-order valence-corrected chi connectivity index (χ3v) is 9.30. The SMILES string of the molecule is CC(C)(C)[Si](C)(C)OC[C@@H]1CNCCN1c1ccc(F)cn1. The van der Waals surface area contributed by atoms with Gasteiger partial charge in [-0.1, -0.05) is 20.8 Å². The maximum absolute atomic E-state index is 13.1. The molecule has 0 aliphatic carbocycles. The molecule has 2 rings (SSSR count). The summed E-state index contributed by atoms with van der Waals surface area (Å²) in [6.45, 7) is 14.6. The van der Waals surface area contributed by atoms with Crippen LogP contribution in [0.3, 0.4) is 0 Å². The molecule has 1 aliphatic rings. The van der Waals surface area contributed by atoms with Crippen molar-refractivity contribution < 1.29 is 8.82 Å². The van der Waals surface area contributed by atoms with E-state index in [0.717, 1.165) is 25.5 Å². The summed E-state index contributed by atoms with van der Waals surface area (Å²) in [6, 6.07) is 3.46. The highest BCUT2D eigenvalue weighted by Gasteiger charge is 2.38. The third-order valence-electron chi connectivity index (χ3n) is 4.80. The highest BCUT2D eigenvalue weighted by Crippen LogP contribution is 2.36. The van der Waals surface area contributed by atoms with Crippen molar-refractivity contribution in [2.24, 2.45) is 0 Å². The molecule has 0 spiro atoms. The van der Waals surface area contributed by atoms with E-state index in [0.29, 0.717) is 6.61 Å². The Kier molecular flexibility index (Phi) is 5.24. The maximum atomic E-state index is 13.1. The summed E-state index contributed by atoms with van der Waals surface area (Å²) < 4.78 is 19.4. The van der Waals surface area contributed by atoms with E-state index in [1.54, 1.807) is 6.07 Å². The van der Waals surface area contributed by atoms with E-state index in [4.69, 9.17) is 4.43 Å². The van der Waals surface area contributed by atoms with Crippen molar-refractivity contribution >= 4 is 14.1 Å². The Bertz CT molecular complexity index is 487. The van der Waals surface area contributed by atoms with Crippen LogP contribution in [0.5, 0.6) is 0 Å². The lowest BCUT2D eigenvalue weighted by molar-refractivity contribution is 0.245. The zero-order valence-electron chi connectivity index (χ0n) is 14.3. The predicted octanol–water partition coefficient (Wildman–Crippen LogP) is 3.02. The highest BCUT2D eigenvalue weighted by molar-refractivity contribution is 6.74. The van der Waals surface area contributed by atoms with Crippen LogP contribution in [-0.4, -0.2) is 45.6 Å². The van der Waals surface area contributed by atoms with Crippen LogP contribution >= 0.6 is 0 Å². The summed E-state index contributed by atoms with van der Waals surface area (Å²) >= 11 is 0. The summed E-state index contributed by atoms with van der Waals surface area (Å²) in [5.41, 5.74) is 0. The Morgan fingerprint density at radius 3 is 2.73 bits per heavy atom. The fourth-order valence-electron chi connectivity index (χ4n) is 2.27. The summed E-state index contributed by atoms with van der Waals surface area (Å²) in [5.74, 6) is 0.527. The minimum Gasteiger partial charge on any atom is -0.415 e. The number of nitrogens with one attached hydrogen (secondary N) is 1. The lowest BCUT2D eigenvalue weighted by Crippen LogP contribution is -2.55. The van der Waals surface area contributed by atoms with Crippen LogP contribution in [0.4, 0.5) is 10.2 Å². The van der Waals surface area contributed by atoms with Crippen molar-refractivity contribution in [2.45, 2.75) is 44.9 Å². The van der Waals surface area contributed by atoms with Gasteiger partial charge in [-0.2, -0.15) is 0 Å². The Morgan fingerprint density at radius 1 is 1.41 bits per heavy atom. The van der Waals surface area contributed by atoms with Crippen molar-refractivity contribution in [1.29, 1.82) is 0 Å². The van der Waals surface area contributed by atoms with Gasteiger partial charge in [0.1, 0.15) is 11.6 Å². The molecule has 4 nitrogen and oxygen atoms in total. The summed E-state index contributed by atoms with van der Waals surface area (Å²) in [6.07, 6.45) is 1.28. The quantitative estimate of drug-likeness (QED) is 0.864. The molecule has 6 heteroatoms. The molecule has 0 saturated carbocycles. The van der Waals surface area contributed by atoms with E-state index in [1.165, 1.54) is 12.3 Å². The monoisotopic (exact) mass is 325 g/mol. The second-order valence-corrected chi connectivity index (χ2v) is 12.3. The number of hydrogen-bond acceptors (Lipinski definition) is 4. The smallest absolute Gasteiger partial charge is 0.192 e. The Labute approximate surface area is 134 Å². The largest absolute Gasteiger partial charge is 0.415 e. The van der Waals surface area contributed by atoms with Crippen LogP contribution in [0.25, 0.3) is 0 Å². The Balaban J connectivity index is 2.06. The minimum absolute atomic E-state index is 0.202. The first-order chi connectivity index (χ1) is 10.2. The van der Waals surface area contributed by atoms with Gasteiger partial charge in [-0.05, 0) is 30.3 Å². The van der Waals surface area contributed by atoms with E-state index >= 15 is 0 Å². The molecule has 0 unspecified atom stereocenters. The molecule has 22 heavy (non-hydrogen) atoms. The number of aromatic nitrogens is 1. The first kappa shape index (κ1) is 17.4. The summed E-state index contributed by atoms with van der Waals surface area (Å²) in [4.78, 5) is 6.45. The van der Waals surface area contributed by atoms with Gasteiger partial charge < -0.3 is 14.6 Å². The van der Waals surface area contributed by atoms with Crippen molar-refractivity contribution in [2.75, 3.05) is 31.1 Å². The van der Waals surface area contributed by atoms with Gasteiger partial charge >= 0.3 is 0 Å². The number of rotatable bonds is 4. The molecule has 1 aromatic rings. The van der Waals surface area contributed by atoms with E-state index in [1.807, 2.05) is 0 Å². The summed E-state index contributed by atoms with van der Waals surface area (Å²) in [5, 5.41) is 3.62. The molecule has 1 saturated heterocycles. The van der Waals surface area contributed by atoms with Gasteiger partial charge in [0.15, 0.2) is 8.32 Å². The molecule has 1 aliphatic heterocycles. The number of nitrogens with zero attached hydrogens (tertiary/aromatic N) is 2. The fourth-order valence-corrected chi connectivity index (χ4v) is 3.31. The molecule has 124 valence electrons. The predicted molar refractivity (Wildman–Crippen MR) is 91.3 cm³/mol. The molecule has 1 fully saturated rings. The van der Waals surface area contributed by atoms with Crippen LogP contribution in [0, 0.1) is 5.82 Å². The van der Waals surface area contributed by atoms with Gasteiger partial charge in [-0.25, -0.2) is 9.37 Å². The van der Waals surface area contributed by atoms with E-state index < -0.39 is 8.32 Å². The highest BCUT2D eigenvalue weighted by atomic mass is 28.4. The fraction of sp³-hybridized carbons (Fsp3) is 0.688. The van der Waals surface area contributed by atoms with Crippen molar-refractivity contribution in [3.05, 3.63) is 24.1 Å². The topological polar surface area (TPSA) is 37.4 Å². The van der Waals surface area contributed by atoms with Crippen molar-refractivity contribution in [3.8, 4) is 0 Å². The molecule has 2 heterocycles. The zero-order chi connectivity index (χ0) is 16.4. The van der Waals surface area contributed by atoms with E-state index in [9.17, 15) is 4.39 Å². The average molecular weight is 326 g/mol. The van der Waals surface area contributed by atoms with Gasteiger partial charge in [0.05, 0.1) is 18.8 Å². The molecular weight excluding hydrogens is 297 g/mol. The van der Waals surface area contributed by atoms with Gasteiger partial charge in [0.2, 0.25) is 0 Å². The second kappa shape index (κ2) is 6.64. The molecule has 0 amide bonds. The van der Waals surface area contributed by atoms with Crippen LogP contribution in [0.15, 0.2) is 18.3 Å². The third kappa shape index (κ3) is 4.06. The molecule has 0 aromatic carbocycles. The average Bonchev–Trinajstić information content (AvgIpc) is 2.45. The van der Waals surface area contributed by atoms with Crippen molar-refractivity contribution in [3.63, 3.8) is 0 Å². The van der Waals surface area contributed by atoms with Gasteiger partial charge in [-0.3, -0.25) is 0 Å². The number of hydrogen-bond donors (Lipinski definition) is 1. The first-order valence-corrected chi connectivity index (χ1v) is 10.8. The van der Waals surface area contributed by atoms with Gasteiger partial charge in [0, 0.05) is 19.6 Å².